The van der Waals surface area contributed by atoms with Gasteiger partial charge in [-0.1, -0.05) is 24.3 Å². The van der Waals surface area contributed by atoms with Crippen LogP contribution in [-0.4, -0.2) is 30.0 Å². The lowest BCUT2D eigenvalue weighted by Crippen LogP contribution is -2.23. The predicted molar refractivity (Wildman–Crippen MR) is 107 cm³/mol. The summed E-state index contributed by atoms with van der Waals surface area (Å²) in [7, 11) is 1.65. The molecule has 0 bridgehead atoms. The second kappa shape index (κ2) is 9.30. The van der Waals surface area contributed by atoms with Gasteiger partial charge < -0.3 is 23.9 Å². The molecule has 30 heavy (non-hydrogen) atoms. The number of methoxy groups -OCH3 is 1. The van der Waals surface area contributed by atoms with Crippen LogP contribution >= 0.6 is 0 Å². The van der Waals surface area contributed by atoms with Crippen molar-refractivity contribution in [3.63, 3.8) is 0 Å². The fraction of sp³-hybridized carbons (Fsp3) is 0.318. The molecule has 0 radical (unpaired) electrons. The molecule has 0 fully saturated rings. The van der Waals surface area contributed by atoms with Crippen molar-refractivity contribution >= 4 is 5.91 Å². The minimum absolute atomic E-state index is 0.0820. The van der Waals surface area contributed by atoms with E-state index < -0.39 is 0 Å². The van der Waals surface area contributed by atoms with Gasteiger partial charge in [0.05, 0.1) is 7.11 Å². The number of aromatic nitrogens is 2. The lowest BCUT2D eigenvalue weighted by atomic mass is 10.1. The highest BCUT2D eigenvalue weighted by Crippen LogP contribution is 2.32. The number of aryl methyl sites for hydroxylation is 3. The average Bonchev–Trinajstić information content (AvgIpc) is 3.43. The molecule has 0 saturated carbocycles. The first kappa shape index (κ1) is 19.8. The van der Waals surface area contributed by atoms with E-state index in [4.69, 9.17) is 18.6 Å². The minimum atomic E-state index is -0.0820. The molecular weight excluding hydrogens is 386 g/mol. The van der Waals surface area contributed by atoms with Crippen LogP contribution in [0.3, 0.4) is 0 Å². The number of ether oxygens (including phenoxy) is 3. The Morgan fingerprint density at radius 2 is 1.83 bits per heavy atom. The van der Waals surface area contributed by atoms with Gasteiger partial charge in [0.2, 0.25) is 24.5 Å². The molecule has 1 aliphatic rings. The summed E-state index contributed by atoms with van der Waals surface area (Å²) in [5.74, 6) is 3.20. The number of carbonyl (C=O) groups is 1. The number of fused-ring (bicyclic) bond motifs is 1. The third kappa shape index (κ3) is 4.89. The van der Waals surface area contributed by atoms with Crippen molar-refractivity contribution in [3.8, 4) is 17.2 Å². The topological polar surface area (TPSA) is 95.7 Å². The summed E-state index contributed by atoms with van der Waals surface area (Å²) in [6, 6.07) is 13.5. The second-order valence-electron chi connectivity index (χ2n) is 6.87. The maximum absolute atomic E-state index is 12.1. The van der Waals surface area contributed by atoms with Gasteiger partial charge in [0.25, 0.3) is 0 Å². The molecule has 156 valence electrons. The standard InChI is InChI=1S/C22H23N3O5/c1-27-17-5-3-2-4-16(17)7-10-21-24-25-22(30-21)11-9-20(26)23-13-15-6-8-18-19(12-15)29-14-28-18/h2-6,8,12H,7,9-11,13-14H2,1H3,(H,23,26). The summed E-state index contributed by atoms with van der Waals surface area (Å²) in [6.45, 7) is 0.652. The highest BCUT2D eigenvalue weighted by atomic mass is 16.7. The normalized spacial score (nSPS) is 12.0. The van der Waals surface area contributed by atoms with Crippen LogP contribution < -0.4 is 19.5 Å². The van der Waals surface area contributed by atoms with Crippen molar-refractivity contribution < 1.29 is 23.4 Å². The molecule has 4 rings (SSSR count). The molecule has 1 N–H and O–H groups in total. The van der Waals surface area contributed by atoms with E-state index in [1.165, 1.54) is 0 Å². The molecule has 0 saturated heterocycles. The van der Waals surface area contributed by atoms with Gasteiger partial charge in [-0.3, -0.25) is 4.79 Å². The van der Waals surface area contributed by atoms with Crippen LogP contribution in [0, 0.1) is 0 Å². The number of para-hydroxylation sites is 1. The van der Waals surface area contributed by atoms with Crippen LogP contribution in [0.25, 0.3) is 0 Å². The highest BCUT2D eigenvalue weighted by molar-refractivity contribution is 5.76. The molecule has 0 atom stereocenters. The van der Waals surface area contributed by atoms with Crippen molar-refractivity contribution in [1.29, 1.82) is 0 Å². The SMILES string of the molecule is COc1ccccc1CCc1nnc(CCC(=O)NCc2ccc3c(c2)OCO3)o1. The van der Waals surface area contributed by atoms with Crippen molar-refractivity contribution in [2.45, 2.75) is 32.2 Å². The molecule has 2 aromatic carbocycles. The van der Waals surface area contributed by atoms with Gasteiger partial charge in [-0.05, 0) is 35.7 Å². The molecule has 1 aliphatic heterocycles. The van der Waals surface area contributed by atoms with Crippen molar-refractivity contribution in [2.24, 2.45) is 0 Å². The zero-order valence-corrected chi connectivity index (χ0v) is 16.7. The van der Waals surface area contributed by atoms with E-state index >= 15 is 0 Å². The van der Waals surface area contributed by atoms with Crippen LogP contribution in [0.5, 0.6) is 17.2 Å². The Morgan fingerprint density at radius 1 is 1.03 bits per heavy atom. The van der Waals surface area contributed by atoms with Gasteiger partial charge in [0.15, 0.2) is 11.5 Å². The first-order valence-electron chi connectivity index (χ1n) is 9.79. The van der Waals surface area contributed by atoms with Gasteiger partial charge in [-0.2, -0.15) is 0 Å². The molecule has 1 amide bonds. The molecule has 0 aliphatic carbocycles. The Balaban J connectivity index is 1.21. The van der Waals surface area contributed by atoms with Gasteiger partial charge in [0.1, 0.15) is 5.75 Å². The number of benzene rings is 2. The van der Waals surface area contributed by atoms with Gasteiger partial charge in [-0.15, -0.1) is 10.2 Å². The Bertz CT molecular complexity index is 1020. The van der Waals surface area contributed by atoms with Crippen LogP contribution in [0.2, 0.25) is 0 Å². The summed E-state index contributed by atoms with van der Waals surface area (Å²) < 4.78 is 21.7. The number of nitrogens with one attached hydrogen (secondary N) is 1. The number of hydrogen-bond acceptors (Lipinski definition) is 7. The number of nitrogens with zero attached hydrogens (tertiary/aromatic N) is 2. The zero-order chi connectivity index (χ0) is 20.8. The lowest BCUT2D eigenvalue weighted by molar-refractivity contribution is -0.121. The van der Waals surface area contributed by atoms with Crippen molar-refractivity contribution in [3.05, 3.63) is 65.4 Å². The van der Waals surface area contributed by atoms with Gasteiger partial charge in [0, 0.05) is 25.8 Å². The Hall–Kier alpha value is -3.55. The monoisotopic (exact) mass is 409 g/mol. The van der Waals surface area contributed by atoms with Gasteiger partial charge >= 0.3 is 0 Å². The number of carbonyl (C=O) groups excluding carboxylic acids is 1. The molecule has 8 nitrogen and oxygen atoms in total. The zero-order valence-electron chi connectivity index (χ0n) is 16.7. The summed E-state index contributed by atoms with van der Waals surface area (Å²) in [5.41, 5.74) is 2.03. The smallest absolute Gasteiger partial charge is 0.231 e. The van der Waals surface area contributed by atoms with E-state index in [1.54, 1.807) is 7.11 Å². The summed E-state index contributed by atoms with van der Waals surface area (Å²) in [4.78, 5) is 12.1. The lowest BCUT2D eigenvalue weighted by Gasteiger charge is -2.06. The largest absolute Gasteiger partial charge is 0.496 e. The van der Waals surface area contributed by atoms with Crippen LogP contribution in [0.1, 0.15) is 29.3 Å². The molecule has 3 aromatic rings. The Kier molecular flexibility index (Phi) is 6.12. The third-order valence-corrected chi connectivity index (χ3v) is 4.80. The van der Waals surface area contributed by atoms with E-state index in [9.17, 15) is 4.79 Å². The van der Waals surface area contributed by atoms with E-state index in [0.29, 0.717) is 36.9 Å². The predicted octanol–water partition coefficient (Wildman–Crippen LogP) is 2.84. The molecule has 0 unspecified atom stereocenters. The van der Waals surface area contributed by atoms with E-state index in [0.717, 1.165) is 29.0 Å². The molecule has 1 aromatic heterocycles. The number of amides is 1. The second-order valence-corrected chi connectivity index (χ2v) is 6.87. The van der Waals surface area contributed by atoms with Crippen LogP contribution in [-0.2, 0) is 30.6 Å². The van der Waals surface area contributed by atoms with Gasteiger partial charge in [-0.25, -0.2) is 0 Å². The van der Waals surface area contributed by atoms with Crippen molar-refractivity contribution in [2.75, 3.05) is 13.9 Å². The Labute approximate surface area is 174 Å². The first-order chi connectivity index (χ1) is 14.7. The van der Waals surface area contributed by atoms with Crippen LogP contribution in [0.4, 0.5) is 0 Å². The number of hydrogen-bond donors (Lipinski definition) is 1. The fourth-order valence-corrected chi connectivity index (χ4v) is 3.20. The van der Waals surface area contributed by atoms with E-state index in [1.807, 2.05) is 42.5 Å². The maximum Gasteiger partial charge on any atom is 0.231 e. The fourth-order valence-electron chi connectivity index (χ4n) is 3.20. The Morgan fingerprint density at radius 3 is 2.70 bits per heavy atom. The highest BCUT2D eigenvalue weighted by Gasteiger charge is 2.14. The average molecular weight is 409 g/mol. The quantitative estimate of drug-likeness (QED) is 0.581. The first-order valence-corrected chi connectivity index (χ1v) is 9.79. The maximum atomic E-state index is 12.1. The summed E-state index contributed by atoms with van der Waals surface area (Å²) in [5, 5.41) is 11.0. The molecular formula is C22H23N3O5. The third-order valence-electron chi connectivity index (χ3n) is 4.80. The minimum Gasteiger partial charge on any atom is -0.496 e. The summed E-state index contributed by atoms with van der Waals surface area (Å²) >= 11 is 0. The van der Waals surface area contributed by atoms with Crippen molar-refractivity contribution in [1.82, 2.24) is 15.5 Å². The summed E-state index contributed by atoms with van der Waals surface area (Å²) in [6.07, 6.45) is 2.03. The number of rotatable bonds is 9. The molecule has 2 heterocycles. The molecule has 8 heteroatoms. The van der Waals surface area contributed by atoms with Crippen LogP contribution in [0.15, 0.2) is 46.9 Å². The molecule has 0 spiro atoms. The van der Waals surface area contributed by atoms with E-state index in [-0.39, 0.29) is 19.1 Å². The van der Waals surface area contributed by atoms with E-state index in [2.05, 4.69) is 15.5 Å².